The molecular formula is C14H13N5OS3. The van der Waals surface area contributed by atoms with Gasteiger partial charge in [0, 0.05) is 17.1 Å². The summed E-state index contributed by atoms with van der Waals surface area (Å²) in [5.74, 6) is 0.292. The monoisotopic (exact) mass is 363 g/mol. The van der Waals surface area contributed by atoms with Gasteiger partial charge in [-0.1, -0.05) is 23.1 Å². The number of hydrogen-bond acceptors (Lipinski definition) is 8. The molecule has 0 aliphatic carbocycles. The van der Waals surface area contributed by atoms with Crippen LogP contribution in [0.15, 0.2) is 32.4 Å². The van der Waals surface area contributed by atoms with Crippen LogP contribution in [-0.2, 0) is 4.79 Å². The third kappa shape index (κ3) is 3.08. The number of rotatable bonds is 4. The van der Waals surface area contributed by atoms with Crippen molar-refractivity contribution < 1.29 is 4.79 Å². The molecule has 0 saturated heterocycles. The van der Waals surface area contributed by atoms with Crippen LogP contribution >= 0.6 is 34.9 Å². The smallest absolute Gasteiger partial charge is 0.234 e. The van der Waals surface area contributed by atoms with Gasteiger partial charge in [-0.3, -0.25) is 9.79 Å². The average Bonchev–Trinajstić information content (AvgIpc) is 3.21. The second-order valence-electron chi connectivity index (χ2n) is 5.02. The normalized spacial score (nSPS) is 15.3. The van der Waals surface area contributed by atoms with Crippen molar-refractivity contribution in [3.05, 3.63) is 23.2 Å². The zero-order valence-electron chi connectivity index (χ0n) is 12.3. The maximum atomic E-state index is 12.1. The average molecular weight is 363 g/mol. The largest absolute Gasteiger partial charge is 0.325 e. The van der Waals surface area contributed by atoms with E-state index in [-0.39, 0.29) is 5.91 Å². The summed E-state index contributed by atoms with van der Waals surface area (Å²) in [7, 11) is 0. The van der Waals surface area contributed by atoms with Crippen molar-refractivity contribution in [1.82, 2.24) is 10.2 Å². The Morgan fingerprint density at radius 2 is 2.35 bits per heavy atom. The molecule has 0 fully saturated rings. The third-order valence-electron chi connectivity index (χ3n) is 3.37. The highest BCUT2D eigenvalue weighted by atomic mass is 32.2. The number of fused-ring (bicyclic) bond motifs is 3. The van der Waals surface area contributed by atoms with Crippen molar-refractivity contribution in [3.63, 3.8) is 0 Å². The second kappa shape index (κ2) is 6.14. The number of carbonyl (C=O) groups excluding carboxylic acids is 1. The van der Waals surface area contributed by atoms with Crippen molar-refractivity contribution in [2.45, 2.75) is 16.2 Å². The number of nitrogens with zero attached hydrogens (tertiary/aromatic N) is 4. The number of hydrogen-bond donors (Lipinski definition) is 1. The van der Waals surface area contributed by atoms with Crippen LogP contribution in [0.5, 0.6) is 0 Å². The summed E-state index contributed by atoms with van der Waals surface area (Å²) in [6.45, 7) is 3.66. The van der Waals surface area contributed by atoms with Gasteiger partial charge in [0.05, 0.1) is 18.0 Å². The van der Waals surface area contributed by atoms with Crippen LogP contribution in [-0.4, -0.2) is 40.1 Å². The Hall–Kier alpha value is -1.58. The van der Waals surface area contributed by atoms with Crippen LogP contribution in [0.3, 0.4) is 0 Å². The first-order chi connectivity index (χ1) is 11.2. The summed E-state index contributed by atoms with van der Waals surface area (Å²) >= 11 is 4.60. The summed E-state index contributed by atoms with van der Waals surface area (Å²) in [4.78, 5) is 20.0. The van der Waals surface area contributed by atoms with Gasteiger partial charge in [0.15, 0.2) is 9.51 Å². The first-order valence-electron chi connectivity index (χ1n) is 7.06. The van der Waals surface area contributed by atoms with Crippen molar-refractivity contribution >= 4 is 57.3 Å². The van der Waals surface area contributed by atoms with Crippen molar-refractivity contribution in [2.24, 2.45) is 4.99 Å². The lowest BCUT2D eigenvalue weighted by molar-refractivity contribution is -0.113. The molecule has 2 aliphatic rings. The van der Waals surface area contributed by atoms with E-state index in [4.69, 9.17) is 0 Å². The number of amides is 1. The molecule has 1 N–H and O–H groups in total. The lowest BCUT2D eigenvalue weighted by Crippen LogP contribution is -2.21. The van der Waals surface area contributed by atoms with E-state index in [0.717, 1.165) is 39.0 Å². The number of aryl methyl sites for hydroxylation is 1. The summed E-state index contributed by atoms with van der Waals surface area (Å²) < 4.78 is 0.820. The first-order valence-corrected chi connectivity index (χ1v) is 9.67. The summed E-state index contributed by atoms with van der Waals surface area (Å²) in [6, 6.07) is 6.00. The fourth-order valence-electron chi connectivity index (χ4n) is 2.39. The zero-order chi connectivity index (χ0) is 15.8. The van der Waals surface area contributed by atoms with Crippen molar-refractivity contribution in [1.29, 1.82) is 0 Å². The lowest BCUT2D eigenvalue weighted by atomic mass is 10.2. The van der Waals surface area contributed by atoms with Gasteiger partial charge in [-0.15, -0.1) is 10.2 Å². The number of benzene rings is 1. The van der Waals surface area contributed by atoms with Gasteiger partial charge in [-0.2, -0.15) is 0 Å². The van der Waals surface area contributed by atoms with Gasteiger partial charge in [0.25, 0.3) is 0 Å². The summed E-state index contributed by atoms with van der Waals surface area (Å²) in [6.07, 6.45) is 0. The predicted molar refractivity (Wildman–Crippen MR) is 95.9 cm³/mol. The molecule has 4 rings (SSSR count). The van der Waals surface area contributed by atoms with E-state index in [0.29, 0.717) is 5.75 Å². The number of aromatic nitrogens is 2. The highest BCUT2D eigenvalue weighted by Crippen LogP contribution is 2.43. The topological polar surface area (TPSA) is 70.5 Å². The van der Waals surface area contributed by atoms with E-state index in [1.807, 2.05) is 25.1 Å². The number of carbonyl (C=O) groups is 1. The molecule has 1 aromatic heterocycles. The Balaban J connectivity index is 1.40. The highest BCUT2D eigenvalue weighted by molar-refractivity contribution is 8.14. The molecule has 0 atom stereocenters. The molecule has 0 saturated carbocycles. The minimum atomic E-state index is -0.0382. The van der Waals surface area contributed by atoms with E-state index in [2.05, 4.69) is 25.4 Å². The van der Waals surface area contributed by atoms with E-state index >= 15 is 0 Å². The van der Waals surface area contributed by atoms with Gasteiger partial charge >= 0.3 is 0 Å². The van der Waals surface area contributed by atoms with Crippen LogP contribution in [0.1, 0.15) is 5.01 Å². The van der Waals surface area contributed by atoms with Crippen LogP contribution in [0.2, 0.25) is 0 Å². The van der Waals surface area contributed by atoms with E-state index in [1.165, 1.54) is 28.0 Å². The molecular weight excluding hydrogens is 350 g/mol. The minimum absolute atomic E-state index is 0.0382. The Labute approximate surface area is 145 Å². The third-order valence-corrected chi connectivity index (χ3v) is 6.44. The molecule has 118 valence electrons. The molecule has 1 amide bonds. The maximum Gasteiger partial charge on any atom is 0.234 e. The van der Waals surface area contributed by atoms with Crippen LogP contribution in [0.4, 0.5) is 11.4 Å². The van der Waals surface area contributed by atoms with Crippen molar-refractivity contribution in [2.75, 3.05) is 29.1 Å². The summed E-state index contributed by atoms with van der Waals surface area (Å²) in [5.41, 5.74) is 1.95. The number of anilines is 2. The van der Waals surface area contributed by atoms with E-state index in [9.17, 15) is 4.79 Å². The minimum Gasteiger partial charge on any atom is -0.325 e. The Kier molecular flexibility index (Phi) is 4.00. The SMILES string of the molecule is Cc1nnc(SCC(=O)Nc2ccc3c(c2)N2CCN=C2S3)s1. The molecule has 1 aromatic carbocycles. The molecule has 23 heavy (non-hydrogen) atoms. The zero-order valence-corrected chi connectivity index (χ0v) is 14.7. The second-order valence-corrected chi connectivity index (χ2v) is 8.44. The van der Waals surface area contributed by atoms with Crippen molar-refractivity contribution in [3.8, 4) is 0 Å². The molecule has 0 spiro atoms. The Morgan fingerprint density at radius 1 is 1.43 bits per heavy atom. The standard InChI is InChI=1S/C14H13N5OS3/c1-8-17-18-14(22-8)21-7-12(20)16-9-2-3-11-10(6-9)19-5-4-15-13(19)23-11/h2-3,6H,4-5,7H2,1H3,(H,16,20). The lowest BCUT2D eigenvalue weighted by Gasteiger charge is -2.13. The van der Waals surface area contributed by atoms with Crippen LogP contribution in [0, 0.1) is 6.92 Å². The molecule has 0 unspecified atom stereocenters. The molecule has 9 heteroatoms. The van der Waals surface area contributed by atoms with Gasteiger partial charge in [0.2, 0.25) is 5.91 Å². The van der Waals surface area contributed by atoms with Gasteiger partial charge in [-0.05, 0) is 36.9 Å². The Bertz CT molecular complexity index is 803. The molecule has 0 bridgehead atoms. The van der Waals surface area contributed by atoms with Crippen LogP contribution < -0.4 is 10.2 Å². The fraction of sp³-hybridized carbons (Fsp3) is 0.286. The number of nitrogens with one attached hydrogen (secondary N) is 1. The van der Waals surface area contributed by atoms with Crippen LogP contribution in [0.25, 0.3) is 0 Å². The highest BCUT2D eigenvalue weighted by Gasteiger charge is 2.29. The van der Waals surface area contributed by atoms with Gasteiger partial charge in [0.1, 0.15) is 5.01 Å². The van der Waals surface area contributed by atoms with Gasteiger partial charge in [-0.25, -0.2) is 0 Å². The van der Waals surface area contributed by atoms with Gasteiger partial charge < -0.3 is 10.2 Å². The Morgan fingerprint density at radius 3 is 3.17 bits per heavy atom. The number of thioether (sulfide) groups is 2. The fourth-order valence-corrected chi connectivity index (χ4v) is 5.07. The number of amidine groups is 1. The maximum absolute atomic E-state index is 12.1. The molecule has 0 radical (unpaired) electrons. The number of aliphatic imine (C=N–C) groups is 1. The first kappa shape index (κ1) is 15.0. The van der Waals surface area contributed by atoms with E-state index in [1.54, 1.807) is 11.8 Å². The molecule has 2 aliphatic heterocycles. The van der Waals surface area contributed by atoms with E-state index < -0.39 is 0 Å². The molecule has 6 nitrogen and oxygen atoms in total. The molecule has 2 aromatic rings. The predicted octanol–water partition coefficient (Wildman–Crippen LogP) is 2.86. The molecule has 3 heterocycles. The summed E-state index contributed by atoms with van der Waals surface area (Å²) in [5, 5.41) is 12.9. The quantitative estimate of drug-likeness (QED) is 0.843.